The number of rotatable bonds is 3. The highest BCUT2D eigenvalue weighted by Gasteiger charge is 2.31. The van der Waals surface area contributed by atoms with Crippen LogP contribution in [0.25, 0.3) is 5.65 Å². The van der Waals surface area contributed by atoms with Gasteiger partial charge in [-0.2, -0.15) is 0 Å². The van der Waals surface area contributed by atoms with Crippen LogP contribution in [0.4, 0.5) is 0 Å². The van der Waals surface area contributed by atoms with E-state index in [9.17, 15) is 0 Å². The van der Waals surface area contributed by atoms with E-state index in [0.29, 0.717) is 6.04 Å². The van der Waals surface area contributed by atoms with Gasteiger partial charge in [-0.25, -0.2) is 9.97 Å². The fourth-order valence-corrected chi connectivity index (χ4v) is 4.53. The predicted molar refractivity (Wildman–Crippen MR) is 95.2 cm³/mol. The Labute approximate surface area is 147 Å². The lowest BCUT2D eigenvalue weighted by atomic mass is 10.0. The molecule has 3 aromatic heterocycles. The van der Waals surface area contributed by atoms with Crippen molar-refractivity contribution in [2.45, 2.75) is 51.1 Å². The average Bonchev–Trinajstić information content (AvgIpc) is 3.34. The van der Waals surface area contributed by atoms with Crippen LogP contribution in [0.5, 0.6) is 0 Å². The smallest absolute Gasteiger partial charge is 0.155 e. The van der Waals surface area contributed by atoms with Crippen LogP contribution in [-0.2, 0) is 26.4 Å². The van der Waals surface area contributed by atoms with Gasteiger partial charge in [0.1, 0.15) is 5.82 Å². The molecule has 0 amide bonds. The van der Waals surface area contributed by atoms with Crippen LogP contribution >= 0.6 is 0 Å². The first-order chi connectivity index (χ1) is 12.3. The van der Waals surface area contributed by atoms with Gasteiger partial charge < -0.3 is 4.57 Å². The summed E-state index contributed by atoms with van der Waals surface area (Å²) in [6, 6.07) is 0.419. The first-order valence-corrected chi connectivity index (χ1v) is 9.35. The second kappa shape index (κ2) is 5.95. The quantitative estimate of drug-likeness (QED) is 0.738. The molecule has 1 unspecified atom stereocenters. The van der Waals surface area contributed by atoms with Gasteiger partial charge in [0.05, 0.1) is 29.8 Å². The van der Waals surface area contributed by atoms with Gasteiger partial charge in [0.15, 0.2) is 5.65 Å². The molecule has 2 aliphatic rings. The van der Waals surface area contributed by atoms with Gasteiger partial charge in [-0.05, 0) is 45.1 Å². The standard InChI is InChI=1S/C19H24N6/c1-23-16-6-3-2-5-15(16)22-19(23)17-7-4-9-24(17)13-14-11-21-18-12-20-8-10-25(14)18/h8,10-12,17H,2-7,9,13H2,1H3. The van der Waals surface area contributed by atoms with Crippen molar-refractivity contribution in [2.75, 3.05) is 6.54 Å². The number of hydrogen-bond donors (Lipinski definition) is 0. The molecule has 0 bridgehead atoms. The van der Waals surface area contributed by atoms with Crippen molar-refractivity contribution in [3.8, 4) is 0 Å². The molecular weight excluding hydrogens is 312 g/mol. The highest BCUT2D eigenvalue weighted by Crippen LogP contribution is 2.34. The van der Waals surface area contributed by atoms with Crippen LogP contribution in [-0.4, -0.2) is 35.4 Å². The number of likely N-dealkylation sites (tertiary alicyclic amines) is 1. The molecule has 1 atom stereocenters. The van der Waals surface area contributed by atoms with E-state index in [4.69, 9.17) is 4.98 Å². The Hall–Kier alpha value is -2.21. The molecule has 1 saturated heterocycles. The summed E-state index contributed by atoms with van der Waals surface area (Å²) in [4.78, 5) is 16.3. The predicted octanol–water partition coefficient (Wildman–Crippen LogP) is 2.68. The lowest BCUT2D eigenvalue weighted by Gasteiger charge is -2.24. The summed E-state index contributed by atoms with van der Waals surface area (Å²) < 4.78 is 4.53. The first kappa shape index (κ1) is 15.1. The molecule has 0 aromatic carbocycles. The SMILES string of the molecule is Cn1c(C2CCCN2Cc2cnc3cnccn23)nc2c1CCCC2. The minimum Gasteiger partial charge on any atom is -0.334 e. The Morgan fingerprint density at radius 1 is 1.16 bits per heavy atom. The lowest BCUT2D eigenvalue weighted by molar-refractivity contribution is 0.233. The third-order valence-corrected chi connectivity index (χ3v) is 5.83. The molecule has 3 aromatic rings. The van der Waals surface area contributed by atoms with Crippen LogP contribution in [0.15, 0.2) is 24.8 Å². The fraction of sp³-hybridized carbons (Fsp3) is 0.526. The summed E-state index contributed by atoms with van der Waals surface area (Å²) in [5.74, 6) is 1.26. The van der Waals surface area contributed by atoms with E-state index < -0.39 is 0 Å². The Morgan fingerprint density at radius 2 is 2.08 bits per heavy atom. The minimum atomic E-state index is 0.419. The van der Waals surface area contributed by atoms with Crippen molar-refractivity contribution in [3.05, 3.63) is 47.7 Å². The minimum absolute atomic E-state index is 0.419. The summed E-state index contributed by atoms with van der Waals surface area (Å²) >= 11 is 0. The molecule has 130 valence electrons. The van der Waals surface area contributed by atoms with Gasteiger partial charge in [-0.15, -0.1) is 0 Å². The zero-order chi connectivity index (χ0) is 16.8. The van der Waals surface area contributed by atoms with E-state index in [1.54, 1.807) is 0 Å². The third kappa shape index (κ3) is 2.47. The first-order valence-electron chi connectivity index (χ1n) is 9.35. The highest BCUT2D eigenvalue weighted by atomic mass is 15.2. The highest BCUT2D eigenvalue weighted by molar-refractivity contribution is 5.37. The van der Waals surface area contributed by atoms with E-state index in [-0.39, 0.29) is 0 Å². The van der Waals surface area contributed by atoms with Gasteiger partial charge in [-0.3, -0.25) is 14.3 Å². The maximum absolute atomic E-state index is 5.06. The average molecular weight is 336 g/mol. The van der Waals surface area contributed by atoms with E-state index in [0.717, 1.165) is 25.2 Å². The van der Waals surface area contributed by atoms with Crippen molar-refractivity contribution in [2.24, 2.45) is 7.05 Å². The molecular formula is C19H24N6. The zero-order valence-electron chi connectivity index (χ0n) is 14.7. The number of fused-ring (bicyclic) bond motifs is 2. The van der Waals surface area contributed by atoms with Crippen LogP contribution < -0.4 is 0 Å². The molecule has 0 spiro atoms. The molecule has 1 aliphatic heterocycles. The molecule has 0 saturated carbocycles. The second-order valence-corrected chi connectivity index (χ2v) is 7.31. The molecule has 5 rings (SSSR count). The molecule has 6 nitrogen and oxygen atoms in total. The zero-order valence-corrected chi connectivity index (χ0v) is 14.7. The van der Waals surface area contributed by atoms with Crippen molar-refractivity contribution < 1.29 is 0 Å². The van der Waals surface area contributed by atoms with E-state index >= 15 is 0 Å². The Morgan fingerprint density at radius 3 is 3.00 bits per heavy atom. The van der Waals surface area contributed by atoms with Gasteiger partial charge in [0, 0.05) is 31.7 Å². The van der Waals surface area contributed by atoms with Crippen molar-refractivity contribution in [3.63, 3.8) is 0 Å². The molecule has 4 heterocycles. The number of hydrogen-bond acceptors (Lipinski definition) is 4. The molecule has 25 heavy (non-hydrogen) atoms. The Balaban J connectivity index is 1.45. The van der Waals surface area contributed by atoms with Crippen molar-refractivity contribution >= 4 is 5.65 Å². The van der Waals surface area contributed by atoms with Crippen LogP contribution in [0, 0.1) is 0 Å². The number of aryl methyl sites for hydroxylation is 1. The normalized spacial score (nSPS) is 21.1. The van der Waals surface area contributed by atoms with Gasteiger partial charge in [0.2, 0.25) is 0 Å². The topological polar surface area (TPSA) is 51.2 Å². The van der Waals surface area contributed by atoms with Gasteiger partial charge >= 0.3 is 0 Å². The maximum atomic E-state index is 5.06. The summed E-state index contributed by atoms with van der Waals surface area (Å²) in [5, 5.41) is 0. The summed E-state index contributed by atoms with van der Waals surface area (Å²) in [6.45, 7) is 2.04. The molecule has 1 fully saturated rings. The maximum Gasteiger partial charge on any atom is 0.155 e. The summed E-state index contributed by atoms with van der Waals surface area (Å²) in [7, 11) is 2.21. The van der Waals surface area contributed by atoms with Crippen LogP contribution in [0.3, 0.4) is 0 Å². The molecule has 1 aliphatic carbocycles. The largest absolute Gasteiger partial charge is 0.334 e. The van der Waals surface area contributed by atoms with Crippen LogP contribution in [0.2, 0.25) is 0 Å². The number of nitrogens with zero attached hydrogens (tertiary/aromatic N) is 6. The summed E-state index contributed by atoms with van der Waals surface area (Å²) in [5.41, 5.74) is 4.95. The van der Waals surface area contributed by atoms with Crippen molar-refractivity contribution in [1.29, 1.82) is 0 Å². The van der Waals surface area contributed by atoms with E-state index in [2.05, 4.69) is 30.9 Å². The molecule has 0 N–H and O–H groups in total. The summed E-state index contributed by atoms with van der Waals surface area (Å²) in [6.07, 6.45) is 15.0. The van der Waals surface area contributed by atoms with Crippen molar-refractivity contribution in [1.82, 2.24) is 28.8 Å². The molecule has 6 heteroatoms. The Bertz CT molecular complexity index is 908. The van der Waals surface area contributed by atoms with Gasteiger partial charge in [0.25, 0.3) is 0 Å². The Kier molecular flexibility index (Phi) is 3.59. The molecule has 0 radical (unpaired) electrons. The van der Waals surface area contributed by atoms with Gasteiger partial charge in [-0.1, -0.05) is 0 Å². The fourth-order valence-electron chi connectivity index (χ4n) is 4.53. The van der Waals surface area contributed by atoms with Crippen LogP contribution in [0.1, 0.15) is 54.6 Å². The number of aromatic nitrogens is 5. The lowest BCUT2D eigenvalue weighted by Crippen LogP contribution is -2.25. The monoisotopic (exact) mass is 336 g/mol. The number of imidazole rings is 2. The van der Waals surface area contributed by atoms with E-state index in [1.807, 2.05) is 24.8 Å². The second-order valence-electron chi connectivity index (χ2n) is 7.31. The third-order valence-electron chi connectivity index (χ3n) is 5.83. The van der Waals surface area contributed by atoms with E-state index in [1.165, 1.54) is 55.0 Å².